The summed E-state index contributed by atoms with van der Waals surface area (Å²) in [5.41, 5.74) is 8.48. The fourth-order valence-electron chi connectivity index (χ4n) is 5.21. The summed E-state index contributed by atoms with van der Waals surface area (Å²) in [7, 11) is 0. The van der Waals surface area contributed by atoms with Gasteiger partial charge in [0.2, 0.25) is 0 Å². The lowest BCUT2D eigenvalue weighted by atomic mass is 9.97. The summed E-state index contributed by atoms with van der Waals surface area (Å²) >= 11 is 0. The van der Waals surface area contributed by atoms with Crippen molar-refractivity contribution >= 4 is 10.9 Å². The molecule has 4 nitrogen and oxygen atoms in total. The summed E-state index contributed by atoms with van der Waals surface area (Å²) in [5, 5.41) is 12.5. The molecule has 0 unspecified atom stereocenters. The molecule has 2 heterocycles. The lowest BCUT2D eigenvalue weighted by Crippen LogP contribution is -2.42. The zero-order valence-corrected chi connectivity index (χ0v) is 19.5. The molecule has 1 aromatic heterocycles. The van der Waals surface area contributed by atoms with Gasteiger partial charge in [0.15, 0.2) is 0 Å². The minimum absolute atomic E-state index is 0.467. The van der Waals surface area contributed by atoms with Crippen LogP contribution in [0.3, 0.4) is 0 Å². The Hall–Kier alpha value is -2.92. The van der Waals surface area contributed by atoms with Gasteiger partial charge >= 0.3 is 0 Å². The number of morpholine rings is 1. The van der Waals surface area contributed by atoms with Crippen LogP contribution in [0.2, 0.25) is 0 Å². The molecule has 3 aromatic carbocycles. The van der Waals surface area contributed by atoms with Gasteiger partial charge in [-0.1, -0.05) is 72.3 Å². The van der Waals surface area contributed by atoms with Crippen LogP contribution in [0, 0.1) is 13.8 Å². The fraction of sp³-hybridized carbons (Fsp3) is 0.310. The maximum Gasteiger partial charge on any atom is 0.0846 e. The van der Waals surface area contributed by atoms with Crippen molar-refractivity contribution in [3.05, 3.63) is 83.9 Å². The molecule has 0 radical (unpaired) electrons. The molecule has 4 heteroatoms. The normalized spacial score (nSPS) is 15.7. The molecular formula is C29H32N2O2. The molecule has 1 saturated heterocycles. The molecule has 1 aliphatic heterocycles. The number of aryl methyl sites for hydroxylation is 2. The van der Waals surface area contributed by atoms with E-state index in [9.17, 15) is 5.11 Å². The minimum atomic E-state index is -0.467. The molecule has 4 aromatic rings. The van der Waals surface area contributed by atoms with Crippen LogP contribution in [0.15, 0.2) is 72.8 Å². The molecule has 1 aliphatic rings. The summed E-state index contributed by atoms with van der Waals surface area (Å²) < 4.78 is 7.84. The number of benzene rings is 3. The SMILES string of the molecule is Cc1cc(C)c2c(c1)c(-c1ccccc1)c(-c1ccccc1)n2C[C@@H](O)CN1CCOCC1. The Kier molecular flexibility index (Phi) is 6.32. The number of nitrogens with zero attached hydrogens (tertiary/aromatic N) is 2. The van der Waals surface area contributed by atoms with E-state index in [4.69, 9.17) is 4.74 Å². The summed E-state index contributed by atoms with van der Waals surface area (Å²) in [6.07, 6.45) is -0.467. The second kappa shape index (κ2) is 9.52. The molecule has 33 heavy (non-hydrogen) atoms. The number of β-amino-alcohol motifs (C(OH)–C–C–N with tert-alkyl or cyclic N) is 1. The third-order valence-corrected chi connectivity index (χ3v) is 6.57. The molecule has 0 bridgehead atoms. The first kappa shape index (κ1) is 21.9. The maximum absolute atomic E-state index is 11.2. The van der Waals surface area contributed by atoms with E-state index in [1.54, 1.807) is 0 Å². The fourth-order valence-corrected chi connectivity index (χ4v) is 5.21. The van der Waals surface area contributed by atoms with Crippen LogP contribution in [0.1, 0.15) is 11.1 Å². The molecule has 0 saturated carbocycles. The number of ether oxygens (including phenoxy) is 1. The van der Waals surface area contributed by atoms with Crippen LogP contribution in [0.25, 0.3) is 33.3 Å². The van der Waals surface area contributed by atoms with Gasteiger partial charge in [-0.15, -0.1) is 0 Å². The largest absolute Gasteiger partial charge is 0.390 e. The van der Waals surface area contributed by atoms with E-state index in [0.29, 0.717) is 13.1 Å². The molecule has 1 N–H and O–H groups in total. The first-order valence-electron chi connectivity index (χ1n) is 11.8. The third-order valence-electron chi connectivity index (χ3n) is 6.57. The Bertz CT molecular complexity index is 1230. The van der Waals surface area contributed by atoms with E-state index >= 15 is 0 Å². The predicted molar refractivity (Wildman–Crippen MR) is 136 cm³/mol. The van der Waals surface area contributed by atoms with Crippen LogP contribution < -0.4 is 0 Å². The molecule has 5 rings (SSSR count). The zero-order chi connectivity index (χ0) is 22.8. The van der Waals surface area contributed by atoms with Crippen molar-refractivity contribution < 1.29 is 9.84 Å². The monoisotopic (exact) mass is 440 g/mol. The number of fused-ring (bicyclic) bond motifs is 1. The van der Waals surface area contributed by atoms with Crippen molar-refractivity contribution in [2.45, 2.75) is 26.5 Å². The smallest absolute Gasteiger partial charge is 0.0846 e. The van der Waals surface area contributed by atoms with Gasteiger partial charge < -0.3 is 14.4 Å². The minimum Gasteiger partial charge on any atom is -0.390 e. The molecule has 1 atom stereocenters. The molecule has 1 fully saturated rings. The van der Waals surface area contributed by atoms with E-state index in [1.165, 1.54) is 44.4 Å². The Morgan fingerprint density at radius 1 is 0.848 bits per heavy atom. The average Bonchev–Trinajstić information content (AvgIpc) is 3.14. The van der Waals surface area contributed by atoms with Crippen molar-refractivity contribution in [1.82, 2.24) is 9.47 Å². The number of aliphatic hydroxyl groups excluding tert-OH is 1. The molecule has 170 valence electrons. The Balaban J connectivity index is 1.70. The van der Waals surface area contributed by atoms with E-state index < -0.39 is 6.10 Å². The van der Waals surface area contributed by atoms with Gasteiger partial charge in [-0.2, -0.15) is 0 Å². The van der Waals surface area contributed by atoms with Gasteiger partial charge in [-0.3, -0.25) is 4.90 Å². The van der Waals surface area contributed by atoms with Gasteiger partial charge in [-0.25, -0.2) is 0 Å². The zero-order valence-electron chi connectivity index (χ0n) is 19.5. The second-order valence-electron chi connectivity index (χ2n) is 9.11. The summed E-state index contributed by atoms with van der Waals surface area (Å²) in [4.78, 5) is 2.30. The number of aromatic nitrogens is 1. The quantitative estimate of drug-likeness (QED) is 0.443. The van der Waals surface area contributed by atoms with Crippen LogP contribution in [0.5, 0.6) is 0 Å². The number of rotatable bonds is 6. The number of hydrogen-bond donors (Lipinski definition) is 1. The third kappa shape index (κ3) is 4.47. The maximum atomic E-state index is 11.2. The first-order chi connectivity index (χ1) is 16.1. The molecular weight excluding hydrogens is 408 g/mol. The van der Waals surface area contributed by atoms with Crippen molar-refractivity contribution in [1.29, 1.82) is 0 Å². The van der Waals surface area contributed by atoms with E-state index in [0.717, 1.165) is 26.3 Å². The van der Waals surface area contributed by atoms with Crippen molar-refractivity contribution in [2.24, 2.45) is 0 Å². The van der Waals surface area contributed by atoms with Gasteiger partial charge in [-0.05, 0) is 36.6 Å². The highest BCUT2D eigenvalue weighted by atomic mass is 16.5. The predicted octanol–water partition coefficient (Wildman–Crippen LogP) is 5.29. The van der Waals surface area contributed by atoms with Gasteiger partial charge in [0.25, 0.3) is 0 Å². The van der Waals surface area contributed by atoms with Gasteiger partial charge in [0, 0.05) is 30.6 Å². The second-order valence-corrected chi connectivity index (χ2v) is 9.11. The van der Waals surface area contributed by atoms with Crippen molar-refractivity contribution in [3.8, 4) is 22.4 Å². The van der Waals surface area contributed by atoms with E-state index in [-0.39, 0.29) is 0 Å². The topological polar surface area (TPSA) is 37.6 Å². The number of hydrogen-bond acceptors (Lipinski definition) is 3. The van der Waals surface area contributed by atoms with Crippen LogP contribution in [-0.4, -0.2) is 53.5 Å². The Morgan fingerprint density at radius 2 is 1.48 bits per heavy atom. The van der Waals surface area contributed by atoms with Crippen LogP contribution >= 0.6 is 0 Å². The van der Waals surface area contributed by atoms with Crippen molar-refractivity contribution in [2.75, 3.05) is 32.8 Å². The van der Waals surface area contributed by atoms with Crippen LogP contribution in [-0.2, 0) is 11.3 Å². The first-order valence-corrected chi connectivity index (χ1v) is 11.8. The summed E-state index contributed by atoms with van der Waals surface area (Å²) in [5.74, 6) is 0. The standard InChI is InChI=1S/C29H32N2O2/c1-21-17-22(2)28-26(18-21)27(23-9-5-3-6-10-23)29(24-11-7-4-8-12-24)31(28)20-25(32)19-30-13-15-33-16-14-30/h3-12,17-18,25,32H,13-16,19-20H2,1-2H3/t25-/m0/s1. The van der Waals surface area contributed by atoms with Gasteiger partial charge in [0.05, 0.1) is 37.1 Å². The lowest BCUT2D eigenvalue weighted by Gasteiger charge is -2.29. The van der Waals surface area contributed by atoms with Gasteiger partial charge in [0.1, 0.15) is 0 Å². The Labute approximate surface area is 196 Å². The lowest BCUT2D eigenvalue weighted by molar-refractivity contribution is 0.0118. The highest BCUT2D eigenvalue weighted by molar-refractivity contribution is 6.06. The molecule has 0 spiro atoms. The van der Waals surface area contributed by atoms with E-state index in [1.807, 2.05) is 0 Å². The van der Waals surface area contributed by atoms with E-state index in [2.05, 4.69) is 96.1 Å². The average molecular weight is 441 g/mol. The molecule has 0 amide bonds. The number of aliphatic hydroxyl groups is 1. The highest BCUT2D eigenvalue weighted by Crippen LogP contribution is 2.42. The summed E-state index contributed by atoms with van der Waals surface area (Å²) in [6, 6.07) is 25.8. The highest BCUT2D eigenvalue weighted by Gasteiger charge is 2.24. The molecule has 0 aliphatic carbocycles. The Morgan fingerprint density at radius 3 is 2.15 bits per heavy atom. The van der Waals surface area contributed by atoms with Crippen molar-refractivity contribution in [3.63, 3.8) is 0 Å². The van der Waals surface area contributed by atoms with Crippen LogP contribution in [0.4, 0.5) is 0 Å². The summed E-state index contributed by atoms with van der Waals surface area (Å²) in [6.45, 7) is 8.79.